The van der Waals surface area contributed by atoms with E-state index in [1.54, 1.807) is 11.8 Å². The molecular formula is C11H13NO2S. The molecular weight excluding hydrogens is 210 g/mol. The zero-order valence-corrected chi connectivity index (χ0v) is 9.13. The van der Waals surface area contributed by atoms with Gasteiger partial charge in [0.2, 0.25) is 5.91 Å². The molecule has 1 amide bonds. The van der Waals surface area contributed by atoms with Crippen LogP contribution in [-0.4, -0.2) is 30.9 Å². The lowest BCUT2D eigenvalue weighted by molar-refractivity contribution is -0.118. The molecule has 1 unspecified atom stereocenters. The highest BCUT2D eigenvalue weighted by Gasteiger charge is 2.22. The molecule has 15 heavy (non-hydrogen) atoms. The topological polar surface area (TPSA) is 41.6 Å². The van der Waals surface area contributed by atoms with Crippen LogP contribution >= 0.6 is 11.8 Å². The van der Waals surface area contributed by atoms with Gasteiger partial charge in [0.1, 0.15) is 0 Å². The van der Waals surface area contributed by atoms with Crippen LogP contribution in [0.2, 0.25) is 0 Å². The summed E-state index contributed by atoms with van der Waals surface area (Å²) in [5, 5.41) is 2.83. The normalized spacial score (nSPS) is 18.5. The minimum absolute atomic E-state index is 0.0688. The fourth-order valence-corrected chi connectivity index (χ4v) is 1.88. The Balaban J connectivity index is 1.66. The van der Waals surface area contributed by atoms with Gasteiger partial charge in [-0.25, -0.2) is 0 Å². The third kappa shape index (κ3) is 3.93. The Kier molecular flexibility index (Phi) is 3.64. The second-order valence-corrected chi connectivity index (χ2v) is 4.41. The predicted molar refractivity (Wildman–Crippen MR) is 59.9 cm³/mol. The van der Waals surface area contributed by atoms with Gasteiger partial charge in [-0.1, -0.05) is 18.2 Å². The highest BCUT2D eigenvalue weighted by molar-refractivity contribution is 8.00. The van der Waals surface area contributed by atoms with Crippen molar-refractivity contribution in [2.24, 2.45) is 0 Å². The van der Waals surface area contributed by atoms with Crippen molar-refractivity contribution in [1.82, 2.24) is 5.32 Å². The van der Waals surface area contributed by atoms with E-state index in [0.29, 0.717) is 12.3 Å². The molecule has 1 aromatic rings. The molecule has 80 valence electrons. The van der Waals surface area contributed by atoms with Crippen LogP contribution in [0.25, 0.3) is 0 Å². The van der Waals surface area contributed by atoms with Gasteiger partial charge in [0.15, 0.2) is 0 Å². The highest BCUT2D eigenvalue weighted by Crippen LogP contribution is 2.16. The fourth-order valence-electron chi connectivity index (χ4n) is 1.13. The van der Waals surface area contributed by atoms with Crippen molar-refractivity contribution in [3.05, 3.63) is 30.3 Å². The van der Waals surface area contributed by atoms with Crippen molar-refractivity contribution in [2.45, 2.75) is 11.0 Å². The summed E-state index contributed by atoms with van der Waals surface area (Å²) in [5.74, 6) is 0.538. The second kappa shape index (κ2) is 5.19. The molecule has 4 heteroatoms. The molecule has 1 N–H and O–H groups in total. The van der Waals surface area contributed by atoms with Gasteiger partial charge in [0, 0.05) is 11.4 Å². The average molecular weight is 223 g/mol. The minimum atomic E-state index is 0.0688. The molecule has 0 bridgehead atoms. The number of carbonyl (C=O) groups excluding carboxylic acids is 1. The van der Waals surface area contributed by atoms with Crippen LogP contribution in [-0.2, 0) is 9.53 Å². The first kappa shape index (κ1) is 10.5. The van der Waals surface area contributed by atoms with Crippen LogP contribution in [0.15, 0.2) is 35.2 Å². The van der Waals surface area contributed by atoms with Crippen molar-refractivity contribution in [2.75, 3.05) is 18.9 Å². The number of hydrogen-bond donors (Lipinski definition) is 1. The average Bonchev–Trinajstić information content (AvgIpc) is 3.09. The van der Waals surface area contributed by atoms with Crippen LogP contribution in [0.3, 0.4) is 0 Å². The monoisotopic (exact) mass is 223 g/mol. The minimum Gasteiger partial charge on any atom is -0.371 e. The van der Waals surface area contributed by atoms with Gasteiger partial charge in [-0.05, 0) is 12.1 Å². The maximum atomic E-state index is 11.4. The van der Waals surface area contributed by atoms with Gasteiger partial charge in [-0.2, -0.15) is 0 Å². The number of carbonyl (C=O) groups is 1. The predicted octanol–water partition coefficient (Wildman–Crippen LogP) is 1.29. The summed E-state index contributed by atoms with van der Waals surface area (Å²) < 4.78 is 5.00. The number of ether oxygens (including phenoxy) is 1. The number of nitrogens with one attached hydrogen (secondary N) is 1. The van der Waals surface area contributed by atoms with Crippen LogP contribution in [0.1, 0.15) is 0 Å². The molecule has 1 fully saturated rings. The Bertz CT molecular complexity index is 325. The maximum Gasteiger partial charge on any atom is 0.230 e. The van der Waals surface area contributed by atoms with Gasteiger partial charge in [0.25, 0.3) is 0 Å². The maximum absolute atomic E-state index is 11.4. The van der Waals surface area contributed by atoms with Gasteiger partial charge in [-0.3, -0.25) is 4.79 Å². The molecule has 3 nitrogen and oxygen atoms in total. The van der Waals surface area contributed by atoms with E-state index >= 15 is 0 Å². The van der Waals surface area contributed by atoms with Crippen LogP contribution in [0.4, 0.5) is 0 Å². The molecule has 1 aliphatic rings. The molecule has 0 aromatic heterocycles. The van der Waals surface area contributed by atoms with Gasteiger partial charge in [-0.15, -0.1) is 11.8 Å². The summed E-state index contributed by atoms with van der Waals surface area (Å²) in [7, 11) is 0. The van der Waals surface area contributed by atoms with Crippen molar-refractivity contribution in [3.63, 3.8) is 0 Å². The Morgan fingerprint density at radius 2 is 2.20 bits per heavy atom. The zero-order valence-electron chi connectivity index (χ0n) is 8.31. The van der Waals surface area contributed by atoms with E-state index in [0.717, 1.165) is 11.5 Å². The van der Waals surface area contributed by atoms with E-state index in [9.17, 15) is 4.79 Å². The summed E-state index contributed by atoms with van der Waals surface area (Å²) in [5.41, 5.74) is 0. The van der Waals surface area contributed by atoms with E-state index in [4.69, 9.17) is 4.74 Å². The van der Waals surface area contributed by atoms with E-state index in [1.807, 2.05) is 30.3 Å². The first-order valence-corrected chi connectivity index (χ1v) is 5.89. The lowest BCUT2D eigenvalue weighted by Gasteiger charge is -2.02. The number of hydrogen-bond acceptors (Lipinski definition) is 3. The van der Waals surface area contributed by atoms with Crippen molar-refractivity contribution >= 4 is 17.7 Å². The Labute approximate surface area is 93.2 Å². The Hall–Kier alpha value is -1.00. The van der Waals surface area contributed by atoms with Gasteiger partial charge >= 0.3 is 0 Å². The van der Waals surface area contributed by atoms with Gasteiger partial charge in [0.05, 0.1) is 18.5 Å². The quantitative estimate of drug-likeness (QED) is 0.604. The zero-order chi connectivity index (χ0) is 10.5. The molecule has 1 aromatic carbocycles. The fraction of sp³-hybridized carbons (Fsp3) is 0.364. The summed E-state index contributed by atoms with van der Waals surface area (Å²) in [6.07, 6.45) is 0.260. The first-order chi connectivity index (χ1) is 7.34. The summed E-state index contributed by atoms with van der Waals surface area (Å²) in [4.78, 5) is 12.5. The number of amides is 1. The van der Waals surface area contributed by atoms with Crippen molar-refractivity contribution < 1.29 is 9.53 Å². The first-order valence-electron chi connectivity index (χ1n) is 4.91. The molecule has 0 saturated carbocycles. The molecule has 0 aliphatic carbocycles. The van der Waals surface area contributed by atoms with E-state index < -0.39 is 0 Å². The molecule has 1 heterocycles. The van der Waals surface area contributed by atoms with Gasteiger partial charge < -0.3 is 10.1 Å². The third-order valence-corrected chi connectivity index (χ3v) is 3.05. The number of thioether (sulfide) groups is 1. The largest absolute Gasteiger partial charge is 0.371 e. The molecule has 1 atom stereocenters. The standard InChI is InChI=1S/C11H13NO2S/c13-11(12-6-9-7-14-9)8-15-10-4-2-1-3-5-10/h1-5,9H,6-8H2,(H,12,13). The lowest BCUT2D eigenvalue weighted by atomic mass is 10.4. The molecule has 0 spiro atoms. The number of epoxide rings is 1. The van der Waals surface area contributed by atoms with Crippen molar-refractivity contribution in [3.8, 4) is 0 Å². The highest BCUT2D eigenvalue weighted by atomic mass is 32.2. The SMILES string of the molecule is O=C(CSc1ccccc1)NCC1CO1. The Morgan fingerprint density at radius 1 is 1.47 bits per heavy atom. The van der Waals surface area contributed by atoms with Crippen LogP contribution in [0.5, 0.6) is 0 Å². The number of rotatable bonds is 5. The summed E-state index contributed by atoms with van der Waals surface area (Å²) in [6.45, 7) is 1.43. The molecule has 1 saturated heterocycles. The molecule has 0 radical (unpaired) electrons. The van der Waals surface area contributed by atoms with Crippen LogP contribution in [0, 0.1) is 0 Å². The second-order valence-electron chi connectivity index (χ2n) is 3.36. The molecule has 2 rings (SSSR count). The smallest absolute Gasteiger partial charge is 0.230 e. The lowest BCUT2D eigenvalue weighted by Crippen LogP contribution is -2.28. The third-order valence-electron chi connectivity index (χ3n) is 2.04. The summed E-state index contributed by atoms with van der Waals surface area (Å²) in [6, 6.07) is 9.91. The number of benzene rings is 1. The van der Waals surface area contributed by atoms with Crippen LogP contribution < -0.4 is 5.32 Å². The van der Waals surface area contributed by atoms with E-state index in [1.165, 1.54) is 0 Å². The molecule has 1 aliphatic heterocycles. The van der Waals surface area contributed by atoms with Crippen molar-refractivity contribution in [1.29, 1.82) is 0 Å². The van der Waals surface area contributed by atoms with E-state index in [-0.39, 0.29) is 12.0 Å². The van der Waals surface area contributed by atoms with E-state index in [2.05, 4.69) is 5.32 Å². The Morgan fingerprint density at radius 3 is 2.87 bits per heavy atom. The summed E-state index contributed by atoms with van der Waals surface area (Å²) >= 11 is 1.55.